The van der Waals surface area contributed by atoms with E-state index in [1.165, 1.54) is 23.3 Å². The second-order valence-electron chi connectivity index (χ2n) is 8.30. The number of pyridine rings is 1. The smallest absolute Gasteiger partial charge is 0.251 e. The monoisotopic (exact) mass is 473 g/mol. The van der Waals surface area contributed by atoms with E-state index in [-0.39, 0.29) is 21.8 Å². The van der Waals surface area contributed by atoms with Gasteiger partial charge in [0.15, 0.2) is 0 Å². The molecular formula is C26H33Cl2N3O. The first-order chi connectivity index (χ1) is 15.2. The van der Waals surface area contributed by atoms with Crippen LogP contribution in [0, 0.1) is 17.8 Å². The molecule has 0 aliphatic rings. The number of hydrogen-bond donors (Lipinski definition) is 2. The number of hydrogen-bond acceptors (Lipinski definition) is 3. The minimum atomic E-state index is -0.341. The Morgan fingerprint density at radius 3 is 2.47 bits per heavy atom. The fourth-order valence-corrected chi connectivity index (χ4v) is 3.72. The minimum Gasteiger partial charge on any atom is -0.352 e. The summed E-state index contributed by atoms with van der Waals surface area (Å²) < 4.78 is 0. The summed E-state index contributed by atoms with van der Waals surface area (Å²) in [5.74, 6) is 7.03. The number of aromatic nitrogens is 1. The molecule has 0 spiro atoms. The van der Waals surface area contributed by atoms with Gasteiger partial charge in [-0.3, -0.25) is 4.79 Å². The maximum absolute atomic E-state index is 12.3. The minimum absolute atomic E-state index is 0.201. The van der Waals surface area contributed by atoms with Crippen LogP contribution < -0.4 is 10.6 Å². The lowest BCUT2D eigenvalue weighted by Gasteiger charge is -2.26. The number of rotatable bonds is 10. The highest BCUT2D eigenvalue weighted by Gasteiger charge is 2.21. The largest absolute Gasteiger partial charge is 0.352 e. The molecule has 2 unspecified atom stereocenters. The molecule has 0 saturated heterocycles. The van der Waals surface area contributed by atoms with Crippen LogP contribution in [-0.4, -0.2) is 29.5 Å². The van der Waals surface area contributed by atoms with E-state index in [1.54, 1.807) is 0 Å². The highest BCUT2D eigenvalue weighted by atomic mass is 35.5. The predicted molar refractivity (Wildman–Crippen MR) is 134 cm³/mol. The first kappa shape index (κ1) is 26.2. The number of nitrogens with zero attached hydrogens (tertiary/aromatic N) is 1. The SMILES string of the molecule is CCc1cccc(CC(C)(C#CC(C)CC)NCCCNC(=O)c2cc(Cl)nc(Cl)c2)c1. The first-order valence-electron chi connectivity index (χ1n) is 11.2. The number of halogens is 2. The van der Waals surface area contributed by atoms with Gasteiger partial charge in [0, 0.05) is 24.4 Å². The average molecular weight is 474 g/mol. The second kappa shape index (κ2) is 12.8. The molecule has 1 amide bonds. The second-order valence-corrected chi connectivity index (χ2v) is 9.07. The van der Waals surface area contributed by atoms with E-state index in [1.807, 2.05) is 0 Å². The maximum Gasteiger partial charge on any atom is 0.251 e. The van der Waals surface area contributed by atoms with Crippen LogP contribution in [0.2, 0.25) is 10.3 Å². The number of carbonyl (C=O) groups is 1. The van der Waals surface area contributed by atoms with E-state index in [2.05, 4.69) is 79.4 Å². The van der Waals surface area contributed by atoms with Crippen LogP contribution in [0.1, 0.15) is 62.0 Å². The van der Waals surface area contributed by atoms with Crippen LogP contribution in [0.3, 0.4) is 0 Å². The van der Waals surface area contributed by atoms with Gasteiger partial charge in [-0.2, -0.15) is 0 Å². The van der Waals surface area contributed by atoms with Gasteiger partial charge in [-0.15, -0.1) is 0 Å². The van der Waals surface area contributed by atoms with Crippen LogP contribution in [0.15, 0.2) is 36.4 Å². The van der Waals surface area contributed by atoms with Crippen molar-refractivity contribution in [3.05, 3.63) is 63.4 Å². The summed E-state index contributed by atoms with van der Waals surface area (Å²) in [6.07, 6.45) is 3.64. The Labute approximate surface area is 202 Å². The molecule has 1 aromatic carbocycles. The Bertz CT molecular complexity index is 947. The molecule has 2 atom stereocenters. The molecule has 6 heteroatoms. The fraction of sp³-hybridized carbons (Fsp3) is 0.462. The van der Waals surface area contributed by atoms with Crippen LogP contribution in [0.5, 0.6) is 0 Å². The molecule has 0 aliphatic heterocycles. The summed E-state index contributed by atoms with van der Waals surface area (Å²) >= 11 is 11.8. The Morgan fingerprint density at radius 1 is 1.12 bits per heavy atom. The van der Waals surface area contributed by atoms with Crippen molar-refractivity contribution in [2.24, 2.45) is 5.92 Å². The van der Waals surface area contributed by atoms with Crippen molar-refractivity contribution in [2.45, 2.75) is 58.9 Å². The zero-order valence-electron chi connectivity index (χ0n) is 19.4. The molecule has 32 heavy (non-hydrogen) atoms. The molecular weight excluding hydrogens is 441 g/mol. The summed E-state index contributed by atoms with van der Waals surface area (Å²) in [7, 11) is 0. The molecule has 1 aromatic heterocycles. The molecule has 0 saturated carbocycles. The van der Waals surface area contributed by atoms with Crippen LogP contribution in [0.25, 0.3) is 0 Å². The molecule has 1 heterocycles. The molecule has 172 valence electrons. The standard InChI is InChI=1S/C26H33Cl2N3O/c1-5-19(3)11-12-26(4,18-21-10-7-9-20(6-2)15-21)30-14-8-13-29-25(32)22-16-23(27)31-24(28)17-22/h7,9-10,15-17,19,30H,5-6,8,13-14,18H2,1-4H3,(H,29,32). The lowest BCUT2D eigenvalue weighted by atomic mass is 9.91. The lowest BCUT2D eigenvalue weighted by molar-refractivity contribution is 0.0953. The summed E-state index contributed by atoms with van der Waals surface area (Å²) in [4.78, 5) is 16.2. The Balaban J connectivity index is 1.95. The number of nitrogens with one attached hydrogen (secondary N) is 2. The first-order valence-corrected chi connectivity index (χ1v) is 12.0. The van der Waals surface area contributed by atoms with Gasteiger partial charge < -0.3 is 10.6 Å². The van der Waals surface area contributed by atoms with Crippen molar-refractivity contribution >= 4 is 29.1 Å². The third kappa shape index (κ3) is 8.82. The topological polar surface area (TPSA) is 54.0 Å². The van der Waals surface area contributed by atoms with Crippen molar-refractivity contribution in [3.63, 3.8) is 0 Å². The number of carbonyl (C=O) groups excluding carboxylic acids is 1. The predicted octanol–water partition coefficient (Wildman–Crippen LogP) is 5.71. The van der Waals surface area contributed by atoms with Gasteiger partial charge in [0.05, 0.1) is 5.54 Å². The van der Waals surface area contributed by atoms with Gasteiger partial charge in [-0.25, -0.2) is 4.98 Å². The zero-order valence-corrected chi connectivity index (χ0v) is 20.9. The van der Waals surface area contributed by atoms with Crippen molar-refractivity contribution in [2.75, 3.05) is 13.1 Å². The molecule has 2 rings (SSSR count). The van der Waals surface area contributed by atoms with Crippen LogP contribution >= 0.6 is 23.2 Å². The summed E-state index contributed by atoms with van der Waals surface area (Å²) in [5, 5.41) is 6.92. The summed E-state index contributed by atoms with van der Waals surface area (Å²) in [6, 6.07) is 11.7. The van der Waals surface area contributed by atoms with Gasteiger partial charge in [-0.05, 0) is 56.0 Å². The van der Waals surface area contributed by atoms with Crippen molar-refractivity contribution in [1.82, 2.24) is 15.6 Å². The quantitative estimate of drug-likeness (QED) is 0.264. The number of aryl methyl sites for hydroxylation is 1. The highest BCUT2D eigenvalue weighted by molar-refractivity contribution is 6.33. The maximum atomic E-state index is 12.3. The van der Waals surface area contributed by atoms with E-state index in [4.69, 9.17) is 23.2 Å². The third-order valence-electron chi connectivity index (χ3n) is 5.34. The van der Waals surface area contributed by atoms with Crippen molar-refractivity contribution < 1.29 is 4.79 Å². The molecule has 2 N–H and O–H groups in total. The fourth-order valence-electron chi connectivity index (χ4n) is 3.26. The molecule has 0 fully saturated rings. The van der Waals surface area contributed by atoms with E-state index >= 15 is 0 Å². The van der Waals surface area contributed by atoms with E-state index < -0.39 is 0 Å². The van der Waals surface area contributed by atoms with Crippen molar-refractivity contribution in [3.8, 4) is 11.8 Å². The molecule has 0 aliphatic carbocycles. The van der Waals surface area contributed by atoms with Gasteiger partial charge in [0.1, 0.15) is 10.3 Å². The normalized spacial score (nSPS) is 13.6. The number of benzene rings is 1. The van der Waals surface area contributed by atoms with E-state index in [0.717, 1.165) is 32.2 Å². The highest BCUT2D eigenvalue weighted by Crippen LogP contribution is 2.16. The Hall–Kier alpha value is -2.06. The molecule has 2 aromatic rings. The van der Waals surface area contributed by atoms with Gasteiger partial charge in [0.2, 0.25) is 0 Å². The third-order valence-corrected chi connectivity index (χ3v) is 5.73. The zero-order chi connectivity index (χ0) is 23.6. The molecule has 0 bridgehead atoms. The van der Waals surface area contributed by atoms with Gasteiger partial charge >= 0.3 is 0 Å². The van der Waals surface area contributed by atoms with Gasteiger partial charge in [-0.1, -0.05) is 80.1 Å². The van der Waals surface area contributed by atoms with Crippen LogP contribution in [-0.2, 0) is 12.8 Å². The molecule has 0 radical (unpaired) electrons. The van der Waals surface area contributed by atoms with E-state index in [0.29, 0.717) is 18.0 Å². The van der Waals surface area contributed by atoms with Gasteiger partial charge in [0.25, 0.3) is 5.91 Å². The molecule has 4 nitrogen and oxygen atoms in total. The summed E-state index contributed by atoms with van der Waals surface area (Å²) in [6.45, 7) is 9.89. The lowest BCUT2D eigenvalue weighted by Crippen LogP contribution is -2.44. The Kier molecular flexibility index (Phi) is 10.5. The average Bonchev–Trinajstić information content (AvgIpc) is 2.76. The summed E-state index contributed by atoms with van der Waals surface area (Å²) in [5.41, 5.74) is 2.67. The number of amides is 1. The Morgan fingerprint density at radius 2 is 1.81 bits per heavy atom. The van der Waals surface area contributed by atoms with E-state index in [9.17, 15) is 4.79 Å². The van der Waals surface area contributed by atoms with Crippen molar-refractivity contribution in [1.29, 1.82) is 0 Å². The van der Waals surface area contributed by atoms with Crippen LogP contribution in [0.4, 0.5) is 0 Å².